The number of amides is 1. The first-order valence-corrected chi connectivity index (χ1v) is 9.22. The summed E-state index contributed by atoms with van der Waals surface area (Å²) in [6, 6.07) is 12.2. The van der Waals surface area contributed by atoms with E-state index in [1.54, 1.807) is 11.3 Å². The molecule has 23 heavy (non-hydrogen) atoms. The minimum absolute atomic E-state index is 0.0977. The third-order valence-electron chi connectivity index (χ3n) is 4.18. The molecule has 1 aromatic carbocycles. The maximum Gasteiger partial charge on any atom is 0.220 e. The van der Waals surface area contributed by atoms with E-state index in [2.05, 4.69) is 17.4 Å². The van der Waals surface area contributed by atoms with Gasteiger partial charge < -0.3 is 10.1 Å². The maximum atomic E-state index is 11.9. The van der Waals surface area contributed by atoms with Gasteiger partial charge in [-0.2, -0.15) is 0 Å². The maximum absolute atomic E-state index is 11.9. The highest BCUT2D eigenvalue weighted by molar-refractivity contribution is 7.09. The van der Waals surface area contributed by atoms with Gasteiger partial charge in [0.15, 0.2) is 0 Å². The van der Waals surface area contributed by atoms with Gasteiger partial charge in [-0.1, -0.05) is 18.2 Å². The van der Waals surface area contributed by atoms with E-state index in [0.29, 0.717) is 19.1 Å². The molecule has 2 aromatic rings. The van der Waals surface area contributed by atoms with E-state index in [1.807, 2.05) is 29.6 Å². The van der Waals surface area contributed by atoms with Crippen molar-refractivity contribution >= 4 is 17.2 Å². The predicted octanol–water partition coefficient (Wildman–Crippen LogP) is 4.32. The number of ether oxygens (including phenoxy) is 1. The van der Waals surface area contributed by atoms with Crippen LogP contribution in [0.4, 0.5) is 0 Å². The van der Waals surface area contributed by atoms with Gasteiger partial charge in [-0.15, -0.1) is 11.3 Å². The number of carbonyl (C=O) groups is 1. The van der Waals surface area contributed by atoms with Crippen LogP contribution in [0.15, 0.2) is 41.8 Å². The van der Waals surface area contributed by atoms with Crippen molar-refractivity contribution in [2.45, 2.75) is 51.2 Å². The highest BCUT2D eigenvalue weighted by Crippen LogP contribution is 2.24. The fraction of sp³-hybridized carbons (Fsp3) is 0.421. The average Bonchev–Trinajstić information content (AvgIpc) is 3.25. The van der Waals surface area contributed by atoms with Gasteiger partial charge in [0.2, 0.25) is 5.91 Å². The van der Waals surface area contributed by atoms with Crippen LogP contribution < -0.4 is 10.1 Å². The molecule has 1 amide bonds. The van der Waals surface area contributed by atoms with Crippen LogP contribution >= 0.6 is 11.3 Å². The Morgan fingerprint density at radius 3 is 2.87 bits per heavy atom. The molecule has 1 fully saturated rings. The number of benzene rings is 1. The molecule has 0 aliphatic heterocycles. The van der Waals surface area contributed by atoms with Crippen LogP contribution in [0.25, 0.3) is 0 Å². The molecule has 1 heterocycles. The van der Waals surface area contributed by atoms with E-state index in [1.165, 1.54) is 17.7 Å². The van der Waals surface area contributed by atoms with Crippen molar-refractivity contribution < 1.29 is 9.53 Å². The molecular formula is C19H23NO2S. The summed E-state index contributed by atoms with van der Waals surface area (Å²) in [5, 5.41) is 4.99. The Morgan fingerprint density at radius 2 is 2.09 bits per heavy atom. The first kappa shape index (κ1) is 16.1. The SMILES string of the molecule is O=C(CCc1cccc(OC2CCCC2)c1)NCc1cccs1. The van der Waals surface area contributed by atoms with E-state index in [4.69, 9.17) is 4.74 Å². The van der Waals surface area contributed by atoms with Gasteiger partial charge in [0, 0.05) is 11.3 Å². The number of hydrogen-bond acceptors (Lipinski definition) is 3. The van der Waals surface area contributed by atoms with Crippen molar-refractivity contribution in [2.24, 2.45) is 0 Å². The Morgan fingerprint density at radius 1 is 1.22 bits per heavy atom. The third-order valence-corrected chi connectivity index (χ3v) is 5.06. The summed E-state index contributed by atoms with van der Waals surface area (Å²) in [6.45, 7) is 0.626. The van der Waals surface area contributed by atoms with Gasteiger partial charge >= 0.3 is 0 Å². The zero-order valence-corrected chi connectivity index (χ0v) is 14.1. The topological polar surface area (TPSA) is 38.3 Å². The van der Waals surface area contributed by atoms with Crippen LogP contribution in [0.5, 0.6) is 5.75 Å². The van der Waals surface area contributed by atoms with E-state index in [0.717, 1.165) is 30.6 Å². The number of rotatable bonds is 7. The molecule has 1 N–H and O–H groups in total. The molecule has 122 valence electrons. The Bertz CT molecular complexity index is 618. The second kappa shape index (κ2) is 8.16. The van der Waals surface area contributed by atoms with Crippen LogP contribution in [-0.4, -0.2) is 12.0 Å². The van der Waals surface area contributed by atoms with Gasteiger partial charge in [0.25, 0.3) is 0 Å². The molecule has 1 aromatic heterocycles. The predicted molar refractivity (Wildman–Crippen MR) is 93.8 cm³/mol. The highest BCUT2D eigenvalue weighted by atomic mass is 32.1. The second-order valence-corrected chi connectivity index (χ2v) is 7.06. The standard InChI is InChI=1S/C19H23NO2S/c21-19(20-14-18-9-4-12-23-18)11-10-15-5-3-8-17(13-15)22-16-6-1-2-7-16/h3-5,8-9,12-13,16H,1-2,6-7,10-11,14H2,(H,20,21). The smallest absolute Gasteiger partial charge is 0.220 e. The Kier molecular flexibility index (Phi) is 5.70. The van der Waals surface area contributed by atoms with Gasteiger partial charge in [-0.05, 0) is 61.2 Å². The lowest BCUT2D eigenvalue weighted by Crippen LogP contribution is -2.22. The average molecular weight is 329 g/mol. The van der Waals surface area contributed by atoms with Crippen LogP contribution in [-0.2, 0) is 17.8 Å². The van der Waals surface area contributed by atoms with Crippen molar-refractivity contribution in [3.63, 3.8) is 0 Å². The summed E-state index contributed by atoms with van der Waals surface area (Å²) in [7, 11) is 0. The molecule has 0 atom stereocenters. The summed E-state index contributed by atoms with van der Waals surface area (Å²) < 4.78 is 6.02. The molecule has 1 saturated carbocycles. The number of aryl methyl sites for hydroxylation is 1. The molecule has 3 nitrogen and oxygen atoms in total. The summed E-state index contributed by atoms with van der Waals surface area (Å²) in [4.78, 5) is 13.1. The molecule has 3 rings (SSSR count). The minimum atomic E-state index is 0.0977. The largest absolute Gasteiger partial charge is 0.490 e. The normalized spacial score (nSPS) is 14.8. The molecule has 0 bridgehead atoms. The minimum Gasteiger partial charge on any atom is -0.490 e. The molecule has 0 radical (unpaired) electrons. The summed E-state index contributed by atoms with van der Waals surface area (Å²) in [5.41, 5.74) is 1.16. The van der Waals surface area contributed by atoms with Crippen LogP contribution in [0.3, 0.4) is 0 Å². The molecule has 0 spiro atoms. The Balaban J connectivity index is 1.44. The van der Waals surface area contributed by atoms with Crippen LogP contribution in [0.2, 0.25) is 0 Å². The third kappa shape index (κ3) is 5.10. The second-order valence-electron chi connectivity index (χ2n) is 6.03. The lowest BCUT2D eigenvalue weighted by Gasteiger charge is -2.13. The van der Waals surface area contributed by atoms with E-state index in [9.17, 15) is 4.79 Å². The monoisotopic (exact) mass is 329 g/mol. The van der Waals surface area contributed by atoms with Crippen molar-refractivity contribution in [3.05, 3.63) is 52.2 Å². The molecule has 0 unspecified atom stereocenters. The van der Waals surface area contributed by atoms with Crippen LogP contribution in [0, 0.1) is 0 Å². The van der Waals surface area contributed by atoms with Gasteiger partial charge in [0.1, 0.15) is 5.75 Å². The first-order valence-electron chi connectivity index (χ1n) is 8.34. The fourth-order valence-electron chi connectivity index (χ4n) is 2.92. The molecular weight excluding hydrogens is 306 g/mol. The Hall–Kier alpha value is -1.81. The van der Waals surface area contributed by atoms with Gasteiger partial charge in [-0.3, -0.25) is 4.79 Å². The van der Waals surface area contributed by atoms with Crippen molar-refractivity contribution in [1.29, 1.82) is 0 Å². The number of hydrogen-bond donors (Lipinski definition) is 1. The number of thiophene rings is 1. The lowest BCUT2D eigenvalue weighted by molar-refractivity contribution is -0.121. The molecule has 4 heteroatoms. The summed E-state index contributed by atoms with van der Waals surface area (Å²) >= 11 is 1.67. The van der Waals surface area contributed by atoms with E-state index in [-0.39, 0.29) is 5.91 Å². The van der Waals surface area contributed by atoms with Gasteiger partial charge in [0.05, 0.1) is 12.6 Å². The zero-order chi connectivity index (χ0) is 15.9. The number of nitrogens with one attached hydrogen (secondary N) is 1. The van der Waals surface area contributed by atoms with Crippen molar-refractivity contribution in [1.82, 2.24) is 5.32 Å². The summed E-state index contributed by atoms with van der Waals surface area (Å²) in [5.74, 6) is 1.04. The van der Waals surface area contributed by atoms with Crippen molar-refractivity contribution in [3.8, 4) is 5.75 Å². The van der Waals surface area contributed by atoms with Gasteiger partial charge in [-0.25, -0.2) is 0 Å². The first-order chi connectivity index (χ1) is 11.3. The highest BCUT2D eigenvalue weighted by Gasteiger charge is 2.16. The fourth-order valence-corrected chi connectivity index (χ4v) is 3.56. The number of carbonyl (C=O) groups excluding carboxylic acids is 1. The molecule has 1 aliphatic rings. The van der Waals surface area contributed by atoms with E-state index < -0.39 is 0 Å². The molecule has 0 saturated heterocycles. The van der Waals surface area contributed by atoms with Crippen LogP contribution in [0.1, 0.15) is 42.5 Å². The lowest BCUT2D eigenvalue weighted by atomic mass is 10.1. The molecule has 1 aliphatic carbocycles. The summed E-state index contributed by atoms with van der Waals surface area (Å²) in [6.07, 6.45) is 6.50. The van der Waals surface area contributed by atoms with Crippen molar-refractivity contribution in [2.75, 3.05) is 0 Å². The zero-order valence-electron chi connectivity index (χ0n) is 13.3. The quantitative estimate of drug-likeness (QED) is 0.821. The van der Waals surface area contributed by atoms with E-state index >= 15 is 0 Å². The Labute approximate surface area is 141 Å².